The molecule has 0 fully saturated rings. The minimum atomic E-state index is 0.0918. The van der Waals surface area contributed by atoms with Gasteiger partial charge >= 0.3 is 0 Å². The van der Waals surface area contributed by atoms with Crippen LogP contribution in [-0.4, -0.2) is 34.2 Å². The summed E-state index contributed by atoms with van der Waals surface area (Å²) in [7, 11) is 0.0918. The van der Waals surface area contributed by atoms with Crippen molar-refractivity contribution < 1.29 is 0 Å². The molecule has 0 spiro atoms. The first-order valence-electron chi connectivity index (χ1n) is 4.68. The van der Waals surface area contributed by atoms with Gasteiger partial charge in [0.05, 0.1) is 0 Å². The molecule has 3 unspecified atom stereocenters. The monoisotopic (exact) mass is 256 g/mol. The minimum absolute atomic E-state index is 0.0918. The van der Waals surface area contributed by atoms with Gasteiger partial charge in [-0.1, -0.05) is 20.8 Å². The molecule has 0 aromatic carbocycles. The molecule has 80 valence electrons. The van der Waals surface area contributed by atoms with Gasteiger partial charge in [0.15, 0.2) is 0 Å². The van der Waals surface area contributed by atoms with E-state index in [9.17, 15) is 0 Å². The number of thiol groups is 3. The molecule has 0 aliphatic rings. The van der Waals surface area contributed by atoms with Crippen LogP contribution in [0.5, 0.6) is 0 Å². The third-order valence-electron chi connectivity index (χ3n) is 1.57. The van der Waals surface area contributed by atoms with Gasteiger partial charge in [-0.25, -0.2) is 0 Å². The summed E-state index contributed by atoms with van der Waals surface area (Å²) < 4.78 is 0. The van der Waals surface area contributed by atoms with Crippen LogP contribution in [0.15, 0.2) is 0 Å². The van der Waals surface area contributed by atoms with Crippen molar-refractivity contribution in [3.05, 3.63) is 0 Å². The lowest BCUT2D eigenvalue weighted by Gasteiger charge is -2.22. The Morgan fingerprint density at radius 3 is 1.15 bits per heavy atom. The number of hydrogen-bond donors (Lipinski definition) is 3. The lowest BCUT2D eigenvalue weighted by molar-refractivity contribution is 1.05. The maximum absolute atomic E-state index is 4.45. The maximum atomic E-state index is 4.45. The molecule has 0 heterocycles. The van der Waals surface area contributed by atoms with Crippen molar-refractivity contribution in [1.29, 1.82) is 0 Å². The summed E-state index contributed by atoms with van der Waals surface area (Å²) in [6.45, 7) is 6.51. The Balaban J connectivity index is 3.87. The van der Waals surface area contributed by atoms with E-state index in [-0.39, 0.29) is 7.92 Å². The van der Waals surface area contributed by atoms with Crippen LogP contribution in [0, 0.1) is 0 Å². The second-order valence-electron chi connectivity index (χ2n) is 3.77. The molecule has 0 amide bonds. The Morgan fingerprint density at radius 1 is 0.769 bits per heavy atom. The van der Waals surface area contributed by atoms with Crippen LogP contribution in [0.2, 0.25) is 0 Å². The van der Waals surface area contributed by atoms with Crippen molar-refractivity contribution in [3.63, 3.8) is 0 Å². The van der Waals surface area contributed by atoms with Crippen molar-refractivity contribution in [3.8, 4) is 0 Å². The Hall–Kier alpha value is 1.48. The van der Waals surface area contributed by atoms with Gasteiger partial charge in [-0.15, -0.1) is 7.92 Å². The standard InChI is InChI=1S/C9H21PS3/c1-7(11)4-10(5-8(2)12)6-9(3)13/h7-9,11-13H,4-6H2,1-3H3. The Labute approximate surface area is 101 Å². The molecular weight excluding hydrogens is 235 g/mol. The lowest BCUT2D eigenvalue weighted by Crippen LogP contribution is -2.11. The number of rotatable bonds is 6. The van der Waals surface area contributed by atoms with Crippen LogP contribution in [0.4, 0.5) is 0 Å². The Kier molecular flexibility index (Phi) is 8.61. The fourth-order valence-electron chi connectivity index (χ4n) is 1.34. The van der Waals surface area contributed by atoms with Gasteiger partial charge in [-0.05, 0) is 18.5 Å². The van der Waals surface area contributed by atoms with Gasteiger partial charge < -0.3 is 0 Å². The minimum Gasteiger partial charge on any atom is -0.176 e. The van der Waals surface area contributed by atoms with Gasteiger partial charge in [0.25, 0.3) is 0 Å². The van der Waals surface area contributed by atoms with Crippen molar-refractivity contribution in [2.75, 3.05) is 18.5 Å². The molecule has 0 saturated heterocycles. The molecule has 0 rings (SSSR count). The molecular formula is C9H21PS3. The van der Waals surface area contributed by atoms with E-state index in [2.05, 4.69) is 58.7 Å². The smallest absolute Gasteiger partial charge is 0.00277 e. The van der Waals surface area contributed by atoms with E-state index in [1.807, 2.05) is 0 Å². The molecule has 0 nitrogen and oxygen atoms in total. The fraction of sp³-hybridized carbons (Fsp3) is 1.00. The lowest BCUT2D eigenvalue weighted by atomic mass is 10.5. The Morgan fingerprint density at radius 2 is 1.00 bits per heavy atom. The van der Waals surface area contributed by atoms with Crippen LogP contribution in [-0.2, 0) is 0 Å². The van der Waals surface area contributed by atoms with Gasteiger partial charge in [-0.3, -0.25) is 0 Å². The summed E-state index contributed by atoms with van der Waals surface area (Å²) >= 11 is 13.3. The highest BCUT2D eigenvalue weighted by atomic mass is 32.1. The normalized spacial score (nSPS) is 20.8. The average Bonchev–Trinajstić information content (AvgIpc) is 1.80. The zero-order valence-electron chi connectivity index (χ0n) is 8.64. The molecule has 3 atom stereocenters. The van der Waals surface area contributed by atoms with Gasteiger partial charge in [-0.2, -0.15) is 37.9 Å². The summed E-state index contributed by atoms with van der Waals surface area (Å²) in [5.41, 5.74) is 0. The largest absolute Gasteiger partial charge is 0.176 e. The second-order valence-corrected chi connectivity index (χ2v) is 8.85. The molecule has 0 aliphatic carbocycles. The molecule has 0 N–H and O–H groups in total. The molecule has 0 aromatic heterocycles. The van der Waals surface area contributed by atoms with Crippen LogP contribution < -0.4 is 0 Å². The maximum Gasteiger partial charge on any atom is 0.00277 e. The van der Waals surface area contributed by atoms with Crippen molar-refractivity contribution >= 4 is 45.8 Å². The second kappa shape index (κ2) is 7.73. The summed E-state index contributed by atoms with van der Waals surface area (Å²) in [5, 5.41) is 1.56. The van der Waals surface area contributed by atoms with E-state index in [4.69, 9.17) is 0 Å². The summed E-state index contributed by atoms with van der Waals surface area (Å²) in [6.07, 6.45) is 3.73. The van der Waals surface area contributed by atoms with Gasteiger partial charge in [0.1, 0.15) is 0 Å². The van der Waals surface area contributed by atoms with E-state index >= 15 is 0 Å². The van der Waals surface area contributed by atoms with Crippen LogP contribution in [0.3, 0.4) is 0 Å². The van der Waals surface area contributed by atoms with Crippen LogP contribution >= 0.6 is 45.8 Å². The predicted molar refractivity (Wildman–Crippen MR) is 76.9 cm³/mol. The zero-order valence-corrected chi connectivity index (χ0v) is 12.2. The average molecular weight is 256 g/mol. The van der Waals surface area contributed by atoms with E-state index in [1.165, 1.54) is 18.5 Å². The third kappa shape index (κ3) is 9.78. The van der Waals surface area contributed by atoms with E-state index in [0.717, 1.165) is 0 Å². The first kappa shape index (κ1) is 14.5. The molecule has 0 aliphatic heterocycles. The summed E-state index contributed by atoms with van der Waals surface area (Å²) in [4.78, 5) is 0. The molecule has 0 radical (unpaired) electrons. The Bertz CT molecular complexity index is 102. The quantitative estimate of drug-likeness (QED) is 0.471. The fourth-order valence-corrected chi connectivity index (χ4v) is 6.11. The molecule has 4 heteroatoms. The van der Waals surface area contributed by atoms with Crippen molar-refractivity contribution in [1.82, 2.24) is 0 Å². The van der Waals surface area contributed by atoms with E-state index in [1.54, 1.807) is 0 Å². The highest BCUT2D eigenvalue weighted by Crippen LogP contribution is 2.40. The first-order chi connectivity index (χ1) is 5.91. The summed E-state index contributed by atoms with van der Waals surface area (Å²) in [5.74, 6) is 0. The third-order valence-corrected chi connectivity index (χ3v) is 6.17. The van der Waals surface area contributed by atoms with Crippen LogP contribution in [0.25, 0.3) is 0 Å². The SMILES string of the molecule is CC(S)CP(CC(C)S)CC(C)S. The molecule has 13 heavy (non-hydrogen) atoms. The number of hydrogen-bond acceptors (Lipinski definition) is 3. The van der Waals surface area contributed by atoms with Crippen molar-refractivity contribution in [2.24, 2.45) is 0 Å². The van der Waals surface area contributed by atoms with Gasteiger partial charge in [0.2, 0.25) is 0 Å². The zero-order chi connectivity index (χ0) is 10.4. The molecule has 0 aromatic rings. The predicted octanol–water partition coefficient (Wildman–Crippen LogP) is 3.42. The molecule has 0 saturated carbocycles. The highest BCUT2D eigenvalue weighted by molar-refractivity contribution is 7.83. The molecule has 0 bridgehead atoms. The van der Waals surface area contributed by atoms with Crippen LogP contribution in [0.1, 0.15) is 20.8 Å². The van der Waals surface area contributed by atoms with Crippen molar-refractivity contribution in [2.45, 2.75) is 36.5 Å². The highest BCUT2D eigenvalue weighted by Gasteiger charge is 2.14. The van der Waals surface area contributed by atoms with E-state index < -0.39 is 0 Å². The topological polar surface area (TPSA) is 0 Å². The first-order valence-corrected chi connectivity index (χ1v) is 8.13. The van der Waals surface area contributed by atoms with E-state index in [0.29, 0.717) is 15.7 Å². The van der Waals surface area contributed by atoms with Gasteiger partial charge in [0, 0.05) is 15.7 Å². The summed E-state index contributed by atoms with van der Waals surface area (Å²) in [6, 6.07) is 0.